The zero-order chi connectivity index (χ0) is 12.0. The van der Waals surface area contributed by atoms with Gasteiger partial charge in [-0.1, -0.05) is 32.9 Å². The molecule has 90 valence electrons. The van der Waals surface area contributed by atoms with Crippen LogP contribution < -0.4 is 10.1 Å². The molecule has 0 saturated heterocycles. The van der Waals surface area contributed by atoms with Crippen LogP contribution in [0.4, 0.5) is 0 Å². The highest BCUT2D eigenvalue weighted by Crippen LogP contribution is 2.13. The number of rotatable bonds is 6. The Kier molecular flexibility index (Phi) is 5.33. The molecule has 2 nitrogen and oxygen atoms in total. The first-order chi connectivity index (χ1) is 7.67. The molecule has 2 heteroatoms. The molecule has 1 N–H and O–H groups in total. The van der Waals surface area contributed by atoms with E-state index in [1.807, 2.05) is 12.1 Å². The fourth-order valence-electron chi connectivity index (χ4n) is 1.88. The summed E-state index contributed by atoms with van der Waals surface area (Å²) in [5, 5.41) is 3.58. The SMILES string of the molecule is CC[C@@H](NCc1cccc(OC)c1)C(C)C. The van der Waals surface area contributed by atoms with E-state index in [2.05, 4.69) is 38.2 Å². The normalized spacial score (nSPS) is 12.8. The fraction of sp³-hybridized carbons (Fsp3) is 0.571. The lowest BCUT2D eigenvalue weighted by molar-refractivity contribution is 0.386. The molecule has 16 heavy (non-hydrogen) atoms. The Labute approximate surface area is 99.0 Å². The van der Waals surface area contributed by atoms with Crippen LogP contribution in [0.3, 0.4) is 0 Å². The van der Waals surface area contributed by atoms with Crippen molar-refractivity contribution in [3.05, 3.63) is 29.8 Å². The molecule has 0 heterocycles. The van der Waals surface area contributed by atoms with Crippen LogP contribution in [0.2, 0.25) is 0 Å². The van der Waals surface area contributed by atoms with Gasteiger partial charge in [-0.2, -0.15) is 0 Å². The van der Waals surface area contributed by atoms with E-state index in [0.29, 0.717) is 12.0 Å². The first-order valence-electron chi connectivity index (χ1n) is 6.03. The highest BCUT2D eigenvalue weighted by atomic mass is 16.5. The average Bonchev–Trinajstić information content (AvgIpc) is 2.29. The maximum absolute atomic E-state index is 5.21. The monoisotopic (exact) mass is 221 g/mol. The molecule has 1 atom stereocenters. The predicted octanol–water partition coefficient (Wildman–Crippen LogP) is 3.22. The minimum Gasteiger partial charge on any atom is -0.497 e. The summed E-state index contributed by atoms with van der Waals surface area (Å²) in [5.41, 5.74) is 1.28. The molecule has 0 aliphatic carbocycles. The Balaban J connectivity index is 2.53. The first kappa shape index (κ1) is 13.0. The van der Waals surface area contributed by atoms with Crippen molar-refractivity contribution in [2.24, 2.45) is 5.92 Å². The molecule has 1 aromatic rings. The molecule has 0 aliphatic heterocycles. The molecular weight excluding hydrogens is 198 g/mol. The molecule has 0 bridgehead atoms. The largest absolute Gasteiger partial charge is 0.497 e. The van der Waals surface area contributed by atoms with Gasteiger partial charge >= 0.3 is 0 Å². The van der Waals surface area contributed by atoms with Crippen molar-refractivity contribution in [3.63, 3.8) is 0 Å². The summed E-state index contributed by atoms with van der Waals surface area (Å²) in [6.45, 7) is 7.65. The van der Waals surface area contributed by atoms with Gasteiger partial charge in [-0.25, -0.2) is 0 Å². The van der Waals surface area contributed by atoms with Crippen LogP contribution in [0.25, 0.3) is 0 Å². The van der Waals surface area contributed by atoms with Gasteiger partial charge in [0, 0.05) is 12.6 Å². The minimum absolute atomic E-state index is 0.589. The highest BCUT2D eigenvalue weighted by molar-refractivity contribution is 5.28. The second kappa shape index (κ2) is 6.54. The van der Waals surface area contributed by atoms with Crippen LogP contribution in [-0.4, -0.2) is 13.2 Å². The molecule has 0 spiro atoms. The Morgan fingerprint density at radius 3 is 2.62 bits per heavy atom. The van der Waals surface area contributed by atoms with E-state index in [1.165, 1.54) is 12.0 Å². The summed E-state index contributed by atoms with van der Waals surface area (Å²) in [4.78, 5) is 0. The quantitative estimate of drug-likeness (QED) is 0.796. The zero-order valence-electron chi connectivity index (χ0n) is 10.8. The average molecular weight is 221 g/mol. The molecule has 1 aromatic carbocycles. The summed E-state index contributed by atoms with van der Waals surface area (Å²) >= 11 is 0. The molecule has 0 saturated carbocycles. The maximum Gasteiger partial charge on any atom is 0.119 e. The van der Waals surface area contributed by atoms with Crippen LogP contribution in [0.1, 0.15) is 32.8 Å². The van der Waals surface area contributed by atoms with Crippen molar-refractivity contribution < 1.29 is 4.74 Å². The molecule has 0 radical (unpaired) electrons. The van der Waals surface area contributed by atoms with E-state index in [0.717, 1.165) is 12.3 Å². The van der Waals surface area contributed by atoms with Crippen LogP contribution >= 0.6 is 0 Å². The number of hydrogen-bond donors (Lipinski definition) is 1. The maximum atomic E-state index is 5.21. The third-order valence-electron chi connectivity index (χ3n) is 2.95. The third kappa shape index (κ3) is 3.86. The molecular formula is C14H23NO. The van der Waals surface area contributed by atoms with Crippen molar-refractivity contribution in [2.75, 3.05) is 7.11 Å². The van der Waals surface area contributed by atoms with E-state index in [1.54, 1.807) is 7.11 Å². The van der Waals surface area contributed by atoms with E-state index in [9.17, 15) is 0 Å². The number of ether oxygens (including phenoxy) is 1. The van der Waals surface area contributed by atoms with Crippen LogP contribution in [0.5, 0.6) is 5.75 Å². The number of benzene rings is 1. The lowest BCUT2D eigenvalue weighted by Crippen LogP contribution is -2.32. The van der Waals surface area contributed by atoms with E-state index in [-0.39, 0.29) is 0 Å². The summed E-state index contributed by atoms with van der Waals surface area (Å²) in [7, 11) is 1.70. The molecule has 0 aromatic heterocycles. The lowest BCUT2D eigenvalue weighted by atomic mass is 10.0. The van der Waals surface area contributed by atoms with Crippen LogP contribution in [0.15, 0.2) is 24.3 Å². The van der Waals surface area contributed by atoms with Gasteiger partial charge in [-0.3, -0.25) is 0 Å². The van der Waals surface area contributed by atoms with Gasteiger partial charge in [-0.15, -0.1) is 0 Å². The molecule has 0 fully saturated rings. The number of methoxy groups -OCH3 is 1. The van der Waals surface area contributed by atoms with Gasteiger partial charge in [0.15, 0.2) is 0 Å². The van der Waals surface area contributed by atoms with Crippen molar-refractivity contribution >= 4 is 0 Å². The van der Waals surface area contributed by atoms with Gasteiger partial charge in [0.25, 0.3) is 0 Å². The van der Waals surface area contributed by atoms with Gasteiger partial charge in [-0.05, 0) is 30.0 Å². The van der Waals surface area contributed by atoms with Crippen LogP contribution in [0, 0.1) is 5.92 Å². The lowest BCUT2D eigenvalue weighted by Gasteiger charge is -2.20. The van der Waals surface area contributed by atoms with Crippen molar-refractivity contribution in [1.82, 2.24) is 5.32 Å². The smallest absolute Gasteiger partial charge is 0.119 e. The Morgan fingerprint density at radius 1 is 1.31 bits per heavy atom. The third-order valence-corrected chi connectivity index (χ3v) is 2.95. The Morgan fingerprint density at radius 2 is 2.06 bits per heavy atom. The summed E-state index contributed by atoms with van der Waals surface area (Å²) in [6.07, 6.45) is 1.17. The summed E-state index contributed by atoms with van der Waals surface area (Å²) in [6, 6.07) is 8.81. The molecule has 0 unspecified atom stereocenters. The van der Waals surface area contributed by atoms with Gasteiger partial charge in [0.05, 0.1) is 7.11 Å². The van der Waals surface area contributed by atoms with E-state index in [4.69, 9.17) is 4.74 Å². The van der Waals surface area contributed by atoms with Gasteiger partial charge < -0.3 is 10.1 Å². The molecule has 1 rings (SSSR count). The molecule has 0 aliphatic rings. The topological polar surface area (TPSA) is 21.3 Å². The Bertz CT molecular complexity index is 309. The van der Waals surface area contributed by atoms with Crippen molar-refractivity contribution in [1.29, 1.82) is 0 Å². The zero-order valence-corrected chi connectivity index (χ0v) is 10.8. The second-order valence-electron chi connectivity index (χ2n) is 4.49. The van der Waals surface area contributed by atoms with Gasteiger partial charge in [0.2, 0.25) is 0 Å². The standard InChI is InChI=1S/C14H23NO/c1-5-14(11(2)3)15-10-12-7-6-8-13(9-12)16-4/h6-9,11,14-15H,5,10H2,1-4H3/t14-/m1/s1. The second-order valence-corrected chi connectivity index (χ2v) is 4.49. The fourth-order valence-corrected chi connectivity index (χ4v) is 1.88. The molecule has 0 amide bonds. The summed E-state index contributed by atoms with van der Waals surface area (Å²) < 4.78 is 5.21. The van der Waals surface area contributed by atoms with Crippen molar-refractivity contribution in [3.8, 4) is 5.75 Å². The number of nitrogens with one attached hydrogen (secondary N) is 1. The first-order valence-corrected chi connectivity index (χ1v) is 6.03. The van der Waals surface area contributed by atoms with Crippen LogP contribution in [-0.2, 0) is 6.54 Å². The minimum atomic E-state index is 0.589. The predicted molar refractivity (Wildman–Crippen MR) is 68.8 cm³/mol. The highest BCUT2D eigenvalue weighted by Gasteiger charge is 2.09. The van der Waals surface area contributed by atoms with Gasteiger partial charge in [0.1, 0.15) is 5.75 Å². The number of hydrogen-bond acceptors (Lipinski definition) is 2. The van der Waals surface area contributed by atoms with Crippen molar-refractivity contribution in [2.45, 2.75) is 39.8 Å². The van der Waals surface area contributed by atoms with E-state index < -0.39 is 0 Å². The summed E-state index contributed by atoms with van der Waals surface area (Å²) in [5.74, 6) is 1.60. The van der Waals surface area contributed by atoms with E-state index >= 15 is 0 Å². The Hall–Kier alpha value is -1.02.